The van der Waals surface area contributed by atoms with Gasteiger partial charge in [0, 0.05) is 37.6 Å². The fraction of sp³-hybridized carbons (Fsp3) is 0.214. The molecule has 0 saturated heterocycles. The molecular weight excluding hydrogens is 412 g/mol. The topological polar surface area (TPSA) is 66.6 Å². The highest BCUT2D eigenvalue weighted by atomic mass is 16.5. The molecular formula is C28H28N2O3. The Bertz CT molecular complexity index is 1190. The molecule has 33 heavy (non-hydrogen) atoms. The first-order valence-electron chi connectivity index (χ1n) is 11.1. The molecule has 5 heteroatoms. The maximum absolute atomic E-state index is 12.2. The third-order valence-electron chi connectivity index (χ3n) is 5.77. The minimum atomic E-state index is -0.738. The summed E-state index contributed by atoms with van der Waals surface area (Å²) in [7, 11) is 0. The average Bonchev–Trinajstić information content (AvgIpc) is 3.19. The van der Waals surface area contributed by atoms with E-state index in [9.17, 15) is 9.90 Å². The van der Waals surface area contributed by atoms with Gasteiger partial charge in [-0.05, 0) is 23.6 Å². The summed E-state index contributed by atoms with van der Waals surface area (Å²) in [6, 6.07) is 28.1. The van der Waals surface area contributed by atoms with Crippen molar-refractivity contribution in [3.63, 3.8) is 0 Å². The summed E-state index contributed by atoms with van der Waals surface area (Å²) in [5, 5.41) is 15.0. The van der Waals surface area contributed by atoms with Crippen LogP contribution in [0.25, 0.3) is 22.5 Å². The van der Waals surface area contributed by atoms with Gasteiger partial charge < -0.3 is 14.5 Å². The van der Waals surface area contributed by atoms with Gasteiger partial charge in [0.15, 0.2) is 5.76 Å². The van der Waals surface area contributed by atoms with Crippen LogP contribution in [0.3, 0.4) is 0 Å². The molecule has 0 fully saturated rings. The zero-order valence-corrected chi connectivity index (χ0v) is 18.9. The quantitative estimate of drug-likeness (QED) is 0.405. The van der Waals surface area contributed by atoms with Crippen LogP contribution in [-0.4, -0.2) is 33.7 Å². The number of carbonyl (C=O) groups excluding carboxylic acids is 1. The number of amides is 1. The van der Waals surface area contributed by atoms with E-state index < -0.39 is 6.10 Å². The van der Waals surface area contributed by atoms with Crippen LogP contribution in [0.4, 0.5) is 0 Å². The monoisotopic (exact) mass is 440 g/mol. The van der Waals surface area contributed by atoms with Gasteiger partial charge in [0.2, 0.25) is 5.91 Å². The molecule has 3 aromatic carbocycles. The molecule has 0 spiro atoms. The van der Waals surface area contributed by atoms with E-state index in [0.29, 0.717) is 18.7 Å². The zero-order chi connectivity index (χ0) is 23.2. The first kappa shape index (κ1) is 22.5. The van der Waals surface area contributed by atoms with E-state index in [2.05, 4.69) is 29.4 Å². The minimum Gasteiger partial charge on any atom is -0.391 e. The predicted molar refractivity (Wildman–Crippen MR) is 129 cm³/mol. The second kappa shape index (κ2) is 10.3. The van der Waals surface area contributed by atoms with Crippen molar-refractivity contribution in [2.45, 2.75) is 32.9 Å². The molecule has 1 unspecified atom stereocenters. The van der Waals surface area contributed by atoms with Gasteiger partial charge in [-0.15, -0.1) is 0 Å². The van der Waals surface area contributed by atoms with Crippen molar-refractivity contribution in [2.75, 3.05) is 6.54 Å². The summed E-state index contributed by atoms with van der Waals surface area (Å²) in [6.45, 7) is 4.10. The van der Waals surface area contributed by atoms with Crippen molar-refractivity contribution in [3.05, 3.63) is 102 Å². The lowest BCUT2D eigenvalue weighted by Gasteiger charge is -2.24. The van der Waals surface area contributed by atoms with Gasteiger partial charge >= 0.3 is 0 Å². The van der Waals surface area contributed by atoms with Gasteiger partial charge in [-0.3, -0.25) is 4.79 Å². The number of hydrogen-bond donors (Lipinski definition) is 1. The molecule has 0 saturated carbocycles. The highest BCUT2D eigenvalue weighted by molar-refractivity contribution is 5.73. The lowest BCUT2D eigenvalue weighted by atomic mass is 9.99. The summed E-state index contributed by atoms with van der Waals surface area (Å²) in [5.41, 5.74) is 5.81. The van der Waals surface area contributed by atoms with Crippen molar-refractivity contribution < 1.29 is 14.4 Å². The smallest absolute Gasteiger partial charge is 0.219 e. The third-order valence-corrected chi connectivity index (χ3v) is 5.77. The number of aliphatic hydroxyl groups excluding tert-OH is 1. The molecule has 0 aliphatic heterocycles. The molecule has 1 atom stereocenters. The highest BCUT2D eigenvalue weighted by Gasteiger charge is 2.21. The van der Waals surface area contributed by atoms with Crippen molar-refractivity contribution in [1.82, 2.24) is 10.1 Å². The molecule has 168 valence electrons. The number of carbonyl (C=O) groups is 1. The molecule has 5 nitrogen and oxygen atoms in total. The predicted octanol–water partition coefficient (Wildman–Crippen LogP) is 5.27. The number of hydrogen-bond acceptors (Lipinski definition) is 4. The van der Waals surface area contributed by atoms with Crippen molar-refractivity contribution in [1.29, 1.82) is 0 Å². The average molecular weight is 441 g/mol. The summed E-state index contributed by atoms with van der Waals surface area (Å²) >= 11 is 0. The molecule has 4 aromatic rings. The summed E-state index contributed by atoms with van der Waals surface area (Å²) in [5.74, 6) is 0.584. The lowest BCUT2D eigenvalue weighted by Crippen LogP contribution is -2.36. The normalized spacial score (nSPS) is 11.8. The molecule has 4 rings (SSSR count). The fourth-order valence-electron chi connectivity index (χ4n) is 3.96. The number of aryl methyl sites for hydroxylation is 1. The van der Waals surface area contributed by atoms with Crippen LogP contribution in [0.1, 0.15) is 23.7 Å². The number of rotatable bonds is 8. The zero-order valence-electron chi connectivity index (χ0n) is 18.9. The molecule has 1 heterocycles. The second-order valence-corrected chi connectivity index (χ2v) is 8.26. The number of nitrogens with zero attached hydrogens (tertiary/aromatic N) is 2. The number of aromatic nitrogens is 1. The Kier molecular flexibility index (Phi) is 7.01. The second-order valence-electron chi connectivity index (χ2n) is 8.26. The van der Waals surface area contributed by atoms with Crippen molar-refractivity contribution in [3.8, 4) is 22.5 Å². The van der Waals surface area contributed by atoms with E-state index in [1.165, 1.54) is 6.92 Å². The Morgan fingerprint density at radius 3 is 2.12 bits per heavy atom. The molecule has 0 aliphatic rings. The first-order valence-corrected chi connectivity index (χ1v) is 11.1. The number of benzene rings is 3. The van der Waals surface area contributed by atoms with E-state index >= 15 is 0 Å². The van der Waals surface area contributed by atoms with E-state index in [1.807, 2.05) is 67.6 Å². The van der Waals surface area contributed by atoms with Gasteiger partial charge in [0.1, 0.15) is 0 Å². The van der Waals surface area contributed by atoms with Crippen LogP contribution < -0.4 is 0 Å². The van der Waals surface area contributed by atoms with E-state index in [-0.39, 0.29) is 12.5 Å². The summed E-state index contributed by atoms with van der Waals surface area (Å²) < 4.78 is 5.63. The molecule has 1 N–H and O–H groups in total. The molecule has 1 aromatic heterocycles. The van der Waals surface area contributed by atoms with Gasteiger partial charge in [0.05, 0.1) is 11.8 Å². The Hall–Kier alpha value is -3.70. The lowest BCUT2D eigenvalue weighted by molar-refractivity contribution is -0.130. The van der Waals surface area contributed by atoms with E-state index in [4.69, 9.17) is 4.52 Å². The Balaban J connectivity index is 1.49. The van der Waals surface area contributed by atoms with Gasteiger partial charge in [0.25, 0.3) is 0 Å². The standard InChI is InChI=1S/C28H28N2O3/c1-20-27(17-26(32)19-30(21(2)31)18-22-9-5-3-6-10-22)28(33-29-20)25-15-13-24(14-16-25)23-11-7-4-8-12-23/h3-16,26,32H,17-19H2,1-2H3. The maximum Gasteiger partial charge on any atom is 0.219 e. The van der Waals surface area contributed by atoms with Gasteiger partial charge in [-0.1, -0.05) is 90.1 Å². The largest absolute Gasteiger partial charge is 0.391 e. The van der Waals surface area contributed by atoms with E-state index in [1.54, 1.807) is 4.90 Å². The first-order chi connectivity index (χ1) is 16.0. The molecule has 0 radical (unpaired) electrons. The van der Waals surface area contributed by atoms with Crippen molar-refractivity contribution in [2.24, 2.45) is 0 Å². The fourth-order valence-corrected chi connectivity index (χ4v) is 3.96. The minimum absolute atomic E-state index is 0.0725. The molecule has 0 bridgehead atoms. The van der Waals surface area contributed by atoms with Crippen LogP contribution in [-0.2, 0) is 17.8 Å². The maximum atomic E-state index is 12.2. The Morgan fingerprint density at radius 1 is 0.909 bits per heavy atom. The van der Waals surface area contributed by atoms with Crippen LogP contribution in [0.2, 0.25) is 0 Å². The van der Waals surface area contributed by atoms with Gasteiger partial charge in [-0.2, -0.15) is 0 Å². The van der Waals surface area contributed by atoms with Gasteiger partial charge in [-0.25, -0.2) is 0 Å². The van der Waals surface area contributed by atoms with E-state index in [0.717, 1.165) is 33.5 Å². The van der Waals surface area contributed by atoms with Crippen LogP contribution in [0.5, 0.6) is 0 Å². The Morgan fingerprint density at radius 2 is 1.48 bits per heavy atom. The van der Waals surface area contributed by atoms with Crippen LogP contribution in [0, 0.1) is 6.92 Å². The molecule has 1 amide bonds. The summed E-state index contributed by atoms with van der Waals surface area (Å²) in [6.07, 6.45) is -0.387. The Labute approximate surface area is 194 Å². The molecule has 0 aliphatic carbocycles. The highest BCUT2D eigenvalue weighted by Crippen LogP contribution is 2.30. The third kappa shape index (κ3) is 5.57. The number of aliphatic hydroxyl groups is 1. The SMILES string of the molecule is CC(=O)N(Cc1ccccc1)CC(O)Cc1c(C)noc1-c1ccc(-c2ccccc2)cc1. The van der Waals surface area contributed by atoms with Crippen molar-refractivity contribution >= 4 is 5.91 Å². The van der Waals surface area contributed by atoms with Crippen LogP contribution >= 0.6 is 0 Å². The van der Waals surface area contributed by atoms with Crippen LogP contribution in [0.15, 0.2) is 89.5 Å². The summed E-state index contributed by atoms with van der Waals surface area (Å²) in [4.78, 5) is 13.8.